The normalized spacial score (nSPS) is 20.6. The molecule has 10 heteroatoms. The zero-order valence-corrected chi connectivity index (χ0v) is 16.1. The molecule has 0 saturated carbocycles. The number of para-hydroxylation sites is 1. The number of rotatable bonds is 7. The first-order valence-corrected chi connectivity index (χ1v) is 10.8. The van der Waals surface area contributed by atoms with E-state index in [2.05, 4.69) is 9.80 Å². The molecule has 2 heterocycles. The molecule has 0 aromatic heterocycles. The number of piperazine rings is 1. The topological polar surface area (TPSA) is 96.2 Å². The Bertz CT molecular complexity index is 743. The first kappa shape index (κ1) is 20.2. The summed E-state index contributed by atoms with van der Waals surface area (Å²) >= 11 is 0. The molecule has 0 radical (unpaired) electrons. The molecule has 9 nitrogen and oxygen atoms in total. The van der Waals surface area contributed by atoms with Crippen LogP contribution in [0.5, 0.6) is 0 Å². The molecule has 2 aliphatic heterocycles. The molecule has 2 fully saturated rings. The van der Waals surface area contributed by atoms with Crippen LogP contribution in [0.15, 0.2) is 24.3 Å². The molecule has 0 unspecified atom stereocenters. The number of hydrogen-bond donors (Lipinski definition) is 0. The van der Waals surface area contributed by atoms with Gasteiger partial charge in [-0.25, -0.2) is 8.42 Å². The van der Waals surface area contributed by atoms with Crippen LogP contribution in [-0.2, 0) is 20.5 Å². The SMILES string of the molecule is O=[N+]([O-])c1ccccc1CS(=O)(=O)N1CCN(CCN2CCOCC2)CC1. The van der Waals surface area contributed by atoms with E-state index in [0.717, 1.165) is 39.4 Å². The predicted octanol–water partition coefficient (Wildman–Crippen LogP) is 0.374. The van der Waals surface area contributed by atoms with Crippen molar-refractivity contribution in [1.29, 1.82) is 0 Å². The number of ether oxygens (including phenoxy) is 1. The highest BCUT2D eigenvalue weighted by molar-refractivity contribution is 7.88. The van der Waals surface area contributed by atoms with E-state index in [1.807, 2.05) is 0 Å². The molecular formula is C17H26N4O5S. The van der Waals surface area contributed by atoms with E-state index < -0.39 is 14.9 Å². The zero-order valence-electron chi connectivity index (χ0n) is 15.3. The van der Waals surface area contributed by atoms with Gasteiger partial charge < -0.3 is 4.74 Å². The molecule has 0 atom stereocenters. The smallest absolute Gasteiger partial charge is 0.273 e. The highest BCUT2D eigenvalue weighted by atomic mass is 32.2. The van der Waals surface area contributed by atoms with Crippen LogP contribution in [0, 0.1) is 10.1 Å². The lowest BCUT2D eigenvalue weighted by atomic mass is 10.2. The summed E-state index contributed by atoms with van der Waals surface area (Å²) in [6, 6.07) is 6.02. The third-order valence-corrected chi connectivity index (χ3v) is 6.91. The van der Waals surface area contributed by atoms with E-state index in [1.165, 1.54) is 16.4 Å². The molecule has 27 heavy (non-hydrogen) atoms. The molecule has 0 amide bonds. The average molecular weight is 398 g/mol. The molecule has 3 rings (SSSR count). The number of nitrogens with zero attached hydrogens (tertiary/aromatic N) is 4. The fourth-order valence-corrected chi connectivity index (χ4v) is 4.98. The minimum Gasteiger partial charge on any atom is -0.379 e. The zero-order chi connectivity index (χ0) is 19.3. The second-order valence-electron chi connectivity index (χ2n) is 6.84. The molecular weight excluding hydrogens is 372 g/mol. The Labute approximate surface area is 159 Å². The largest absolute Gasteiger partial charge is 0.379 e. The summed E-state index contributed by atoms with van der Waals surface area (Å²) in [6.45, 7) is 7.53. The number of benzene rings is 1. The van der Waals surface area contributed by atoms with Crippen LogP contribution in [0.25, 0.3) is 0 Å². The Morgan fingerprint density at radius 2 is 1.56 bits per heavy atom. The average Bonchev–Trinajstić information content (AvgIpc) is 2.67. The van der Waals surface area contributed by atoms with Crippen molar-refractivity contribution in [2.24, 2.45) is 0 Å². The standard InChI is InChI=1S/C17H26N4O5S/c22-21(23)17-4-2-1-3-16(17)15-27(24,25)20-9-7-18(8-10-20)5-6-19-11-13-26-14-12-19/h1-4H,5-15H2. The van der Waals surface area contributed by atoms with E-state index >= 15 is 0 Å². The first-order chi connectivity index (χ1) is 13.0. The van der Waals surface area contributed by atoms with Gasteiger partial charge >= 0.3 is 0 Å². The highest BCUT2D eigenvalue weighted by Crippen LogP contribution is 2.22. The number of morpholine rings is 1. The summed E-state index contributed by atoms with van der Waals surface area (Å²) in [6.07, 6.45) is 0. The van der Waals surface area contributed by atoms with Crippen LogP contribution >= 0.6 is 0 Å². The van der Waals surface area contributed by atoms with Gasteiger partial charge in [0.2, 0.25) is 10.0 Å². The van der Waals surface area contributed by atoms with Gasteiger partial charge in [-0.3, -0.25) is 19.9 Å². The van der Waals surface area contributed by atoms with E-state index in [-0.39, 0.29) is 17.0 Å². The van der Waals surface area contributed by atoms with Gasteiger partial charge in [-0.05, 0) is 0 Å². The molecule has 0 aliphatic carbocycles. The maximum atomic E-state index is 12.7. The molecule has 0 spiro atoms. The maximum absolute atomic E-state index is 12.7. The fourth-order valence-electron chi connectivity index (χ4n) is 3.44. The molecule has 2 saturated heterocycles. The van der Waals surface area contributed by atoms with Crippen molar-refractivity contribution in [1.82, 2.24) is 14.1 Å². The van der Waals surface area contributed by atoms with Gasteiger partial charge in [0.1, 0.15) is 0 Å². The highest BCUT2D eigenvalue weighted by Gasteiger charge is 2.29. The van der Waals surface area contributed by atoms with E-state index in [0.29, 0.717) is 26.2 Å². The Balaban J connectivity index is 1.51. The Morgan fingerprint density at radius 3 is 2.19 bits per heavy atom. The van der Waals surface area contributed by atoms with Crippen LogP contribution in [0.3, 0.4) is 0 Å². The number of nitro groups is 1. The van der Waals surface area contributed by atoms with Crippen LogP contribution in [0.1, 0.15) is 5.56 Å². The number of sulfonamides is 1. The monoisotopic (exact) mass is 398 g/mol. The molecule has 0 bridgehead atoms. The van der Waals surface area contributed by atoms with E-state index in [9.17, 15) is 18.5 Å². The van der Waals surface area contributed by atoms with Crippen molar-refractivity contribution in [2.75, 3.05) is 65.6 Å². The predicted molar refractivity (Wildman–Crippen MR) is 101 cm³/mol. The maximum Gasteiger partial charge on any atom is 0.273 e. The quantitative estimate of drug-likeness (QED) is 0.484. The lowest BCUT2D eigenvalue weighted by molar-refractivity contribution is -0.385. The summed E-state index contributed by atoms with van der Waals surface area (Å²) in [5.74, 6) is -0.335. The molecule has 0 N–H and O–H groups in total. The minimum absolute atomic E-state index is 0.148. The van der Waals surface area contributed by atoms with Gasteiger partial charge in [-0.2, -0.15) is 4.31 Å². The second-order valence-corrected chi connectivity index (χ2v) is 8.81. The third kappa shape index (κ3) is 5.45. The van der Waals surface area contributed by atoms with E-state index in [1.54, 1.807) is 12.1 Å². The summed E-state index contributed by atoms with van der Waals surface area (Å²) in [5.41, 5.74) is 0.0856. The Morgan fingerprint density at radius 1 is 0.963 bits per heavy atom. The lowest BCUT2D eigenvalue weighted by Gasteiger charge is -2.35. The van der Waals surface area contributed by atoms with Crippen LogP contribution in [0.4, 0.5) is 5.69 Å². The number of nitro benzene ring substituents is 1. The fraction of sp³-hybridized carbons (Fsp3) is 0.647. The van der Waals surface area contributed by atoms with Gasteiger partial charge in [0.15, 0.2) is 0 Å². The van der Waals surface area contributed by atoms with Crippen molar-refractivity contribution >= 4 is 15.7 Å². The van der Waals surface area contributed by atoms with Gasteiger partial charge in [0, 0.05) is 64.0 Å². The van der Waals surface area contributed by atoms with Gasteiger partial charge in [-0.1, -0.05) is 18.2 Å². The van der Waals surface area contributed by atoms with Gasteiger partial charge in [0.05, 0.1) is 23.9 Å². The summed E-state index contributed by atoms with van der Waals surface area (Å²) in [7, 11) is -3.58. The lowest BCUT2D eigenvalue weighted by Crippen LogP contribution is -2.51. The summed E-state index contributed by atoms with van der Waals surface area (Å²) in [5, 5.41) is 11.1. The Hall–Kier alpha value is -1.59. The number of hydrogen-bond acceptors (Lipinski definition) is 7. The minimum atomic E-state index is -3.58. The Kier molecular flexibility index (Phi) is 6.77. The van der Waals surface area contributed by atoms with Crippen molar-refractivity contribution in [3.05, 3.63) is 39.9 Å². The van der Waals surface area contributed by atoms with Crippen molar-refractivity contribution in [3.63, 3.8) is 0 Å². The van der Waals surface area contributed by atoms with Crippen LogP contribution in [0.2, 0.25) is 0 Å². The summed E-state index contributed by atoms with van der Waals surface area (Å²) < 4.78 is 32.2. The van der Waals surface area contributed by atoms with Crippen LogP contribution in [-0.4, -0.2) is 93.0 Å². The molecule has 1 aromatic carbocycles. The van der Waals surface area contributed by atoms with Crippen LogP contribution < -0.4 is 0 Å². The van der Waals surface area contributed by atoms with Crippen molar-refractivity contribution < 1.29 is 18.1 Å². The van der Waals surface area contributed by atoms with Gasteiger partial charge in [-0.15, -0.1) is 0 Å². The molecule has 150 valence electrons. The van der Waals surface area contributed by atoms with Gasteiger partial charge in [0.25, 0.3) is 5.69 Å². The first-order valence-electron chi connectivity index (χ1n) is 9.18. The van der Waals surface area contributed by atoms with Crippen molar-refractivity contribution in [3.8, 4) is 0 Å². The third-order valence-electron chi connectivity index (χ3n) is 5.09. The summed E-state index contributed by atoms with van der Waals surface area (Å²) in [4.78, 5) is 15.2. The second kappa shape index (κ2) is 9.07. The van der Waals surface area contributed by atoms with E-state index in [4.69, 9.17) is 4.74 Å². The van der Waals surface area contributed by atoms with Crippen molar-refractivity contribution in [2.45, 2.75) is 5.75 Å². The molecule has 1 aromatic rings. The molecule has 2 aliphatic rings.